The first-order valence-corrected chi connectivity index (χ1v) is 8.40. The number of nitrogens with zero attached hydrogens (tertiary/aromatic N) is 3. The maximum atomic E-state index is 12.3. The molecule has 0 radical (unpaired) electrons. The SMILES string of the molecule is Cc1n[nH]c(C)c1NC(=O)CN1CC(C)C(N2CCOCC2)C1. The lowest BCUT2D eigenvalue weighted by Crippen LogP contribution is -2.47. The van der Waals surface area contributed by atoms with Crippen molar-refractivity contribution in [2.75, 3.05) is 51.3 Å². The molecule has 0 spiro atoms. The van der Waals surface area contributed by atoms with E-state index in [0.717, 1.165) is 56.5 Å². The van der Waals surface area contributed by atoms with Gasteiger partial charge in [0.1, 0.15) is 0 Å². The van der Waals surface area contributed by atoms with Crippen LogP contribution in [-0.2, 0) is 9.53 Å². The molecule has 2 aliphatic heterocycles. The van der Waals surface area contributed by atoms with E-state index in [1.54, 1.807) is 0 Å². The fourth-order valence-electron chi connectivity index (χ4n) is 3.68. The number of amides is 1. The monoisotopic (exact) mass is 321 g/mol. The molecule has 0 aromatic carbocycles. The second-order valence-corrected chi connectivity index (χ2v) is 6.74. The number of H-pyrrole nitrogens is 1. The summed E-state index contributed by atoms with van der Waals surface area (Å²) < 4.78 is 5.44. The Morgan fingerprint density at radius 3 is 2.74 bits per heavy atom. The summed E-state index contributed by atoms with van der Waals surface area (Å²) in [6.45, 7) is 12.1. The van der Waals surface area contributed by atoms with Crippen LogP contribution >= 0.6 is 0 Å². The van der Waals surface area contributed by atoms with Crippen molar-refractivity contribution >= 4 is 11.6 Å². The Morgan fingerprint density at radius 1 is 1.35 bits per heavy atom. The Hall–Kier alpha value is -1.44. The van der Waals surface area contributed by atoms with E-state index in [1.165, 1.54) is 0 Å². The number of aryl methyl sites for hydroxylation is 2. The molecule has 1 amide bonds. The minimum absolute atomic E-state index is 0.0347. The Kier molecular flexibility index (Phi) is 4.99. The Labute approximate surface area is 137 Å². The van der Waals surface area contributed by atoms with E-state index in [4.69, 9.17) is 4.74 Å². The fraction of sp³-hybridized carbons (Fsp3) is 0.750. The highest BCUT2D eigenvalue weighted by molar-refractivity contribution is 5.93. The first kappa shape index (κ1) is 16.4. The Bertz CT molecular complexity index is 533. The number of carbonyl (C=O) groups is 1. The number of anilines is 1. The summed E-state index contributed by atoms with van der Waals surface area (Å²) >= 11 is 0. The molecule has 23 heavy (non-hydrogen) atoms. The van der Waals surface area contributed by atoms with Gasteiger partial charge in [0.2, 0.25) is 5.91 Å². The van der Waals surface area contributed by atoms with Crippen LogP contribution in [0.15, 0.2) is 0 Å². The Balaban J connectivity index is 1.53. The van der Waals surface area contributed by atoms with Crippen LogP contribution in [0, 0.1) is 19.8 Å². The lowest BCUT2D eigenvalue weighted by molar-refractivity contribution is -0.117. The van der Waals surface area contributed by atoms with Gasteiger partial charge in [-0.2, -0.15) is 5.10 Å². The number of hydrogen-bond acceptors (Lipinski definition) is 5. The summed E-state index contributed by atoms with van der Waals surface area (Å²) in [6.07, 6.45) is 0. The molecule has 1 aromatic heterocycles. The van der Waals surface area contributed by atoms with Crippen LogP contribution < -0.4 is 5.32 Å². The van der Waals surface area contributed by atoms with Crippen molar-refractivity contribution in [2.24, 2.45) is 5.92 Å². The lowest BCUT2D eigenvalue weighted by Gasteiger charge is -2.34. The highest BCUT2D eigenvalue weighted by Crippen LogP contribution is 2.23. The maximum absolute atomic E-state index is 12.3. The van der Waals surface area contributed by atoms with Crippen LogP contribution in [0.25, 0.3) is 0 Å². The molecule has 3 rings (SSSR count). The number of rotatable bonds is 4. The number of aromatic amines is 1. The van der Waals surface area contributed by atoms with Crippen LogP contribution in [-0.4, -0.2) is 77.9 Å². The van der Waals surface area contributed by atoms with Crippen molar-refractivity contribution in [3.05, 3.63) is 11.4 Å². The predicted molar refractivity (Wildman–Crippen MR) is 88.5 cm³/mol. The quantitative estimate of drug-likeness (QED) is 0.850. The summed E-state index contributed by atoms with van der Waals surface area (Å²) in [7, 11) is 0. The first-order valence-electron chi connectivity index (χ1n) is 8.40. The number of nitrogens with one attached hydrogen (secondary N) is 2. The second-order valence-electron chi connectivity index (χ2n) is 6.74. The van der Waals surface area contributed by atoms with E-state index in [9.17, 15) is 4.79 Å². The lowest BCUT2D eigenvalue weighted by atomic mass is 10.0. The van der Waals surface area contributed by atoms with Crippen LogP contribution in [0.5, 0.6) is 0 Å². The van der Waals surface area contributed by atoms with Gasteiger partial charge in [-0.3, -0.25) is 19.7 Å². The molecule has 2 atom stereocenters. The molecule has 2 unspecified atom stereocenters. The van der Waals surface area contributed by atoms with E-state index in [0.29, 0.717) is 18.5 Å². The maximum Gasteiger partial charge on any atom is 0.238 e. The van der Waals surface area contributed by atoms with Gasteiger partial charge in [-0.1, -0.05) is 6.92 Å². The van der Waals surface area contributed by atoms with Gasteiger partial charge < -0.3 is 10.1 Å². The number of morpholine rings is 1. The van der Waals surface area contributed by atoms with Gasteiger partial charge >= 0.3 is 0 Å². The number of hydrogen-bond donors (Lipinski definition) is 2. The van der Waals surface area contributed by atoms with E-state index in [1.807, 2.05) is 13.8 Å². The van der Waals surface area contributed by atoms with Crippen molar-refractivity contribution in [3.63, 3.8) is 0 Å². The highest BCUT2D eigenvalue weighted by Gasteiger charge is 2.35. The third-order valence-electron chi connectivity index (χ3n) is 4.92. The summed E-state index contributed by atoms with van der Waals surface area (Å²) in [5.41, 5.74) is 2.54. The zero-order valence-corrected chi connectivity index (χ0v) is 14.3. The van der Waals surface area contributed by atoms with Gasteiger partial charge in [0.05, 0.1) is 36.8 Å². The highest BCUT2D eigenvalue weighted by atomic mass is 16.5. The molecule has 1 aromatic rings. The van der Waals surface area contributed by atoms with E-state index in [-0.39, 0.29) is 5.91 Å². The minimum Gasteiger partial charge on any atom is -0.379 e. The van der Waals surface area contributed by atoms with Crippen LogP contribution in [0.3, 0.4) is 0 Å². The van der Waals surface area contributed by atoms with Crippen LogP contribution in [0.1, 0.15) is 18.3 Å². The normalized spacial score (nSPS) is 26.6. The zero-order valence-electron chi connectivity index (χ0n) is 14.3. The molecule has 7 nitrogen and oxygen atoms in total. The fourth-order valence-corrected chi connectivity index (χ4v) is 3.68. The number of ether oxygens (including phenoxy) is 1. The van der Waals surface area contributed by atoms with E-state index < -0.39 is 0 Å². The predicted octanol–water partition coefficient (Wildman–Crippen LogP) is 0.618. The average molecular weight is 321 g/mol. The second kappa shape index (κ2) is 6.98. The van der Waals surface area contributed by atoms with Gasteiger partial charge in [0.25, 0.3) is 0 Å². The van der Waals surface area contributed by atoms with Gasteiger partial charge in [-0.05, 0) is 19.8 Å². The van der Waals surface area contributed by atoms with Gasteiger partial charge in [0, 0.05) is 32.2 Å². The van der Waals surface area contributed by atoms with E-state index >= 15 is 0 Å². The van der Waals surface area contributed by atoms with E-state index in [2.05, 4.69) is 32.2 Å². The number of likely N-dealkylation sites (tertiary alicyclic amines) is 1. The number of carbonyl (C=O) groups excluding carboxylic acids is 1. The summed E-state index contributed by atoms with van der Waals surface area (Å²) in [5, 5.41) is 10.00. The molecule has 2 aliphatic rings. The standard InChI is InChI=1S/C16H27N5O2/c1-11-8-20(9-14(11)21-4-6-23-7-5-21)10-15(22)17-16-12(2)18-19-13(16)3/h11,14H,4-10H2,1-3H3,(H,17,22)(H,18,19). The van der Waals surface area contributed by atoms with Gasteiger partial charge in [0.15, 0.2) is 0 Å². The Morgan fingerprint density at radius 2 is 2.09 bits per heavy atom. The molecule has 2 fully saturated rings. The third-order valence-corrected chi connectivity index (χ3v) is 4.92. The summed E-state index contributed by atoms with van der Waals surface area (Å²) in [5.74, 6) is 0.616. The van der Waals surface area contributed by atoms with Gasteiger partial charge in [-0.15, -0.1) is 0 Å². The zero-order chi connectivity index (χ0) is 16.4. The molecule has 128 valence electrons. The third kappa shape index (κ3) is 3.73. The summed E-state index contributed by atoms with van der Waals surface area (Å²) in [4.78, 5) is 17.1. The molecule has 3 heterocycles. The molecule has 0 bridgehead atoms. The molecule has 2 saturated heterocycles. The van der Waals surface area contributed by atoms with Crippen LogP contribution in [0.2, 0.25) is 0 Å². The number of aromatic nitrogens is 2. The van der Waals surface area contributed by atoms with Crippen molar-refractivity contribution in [1.29, 1.82) is 0 Å². The molecule has 7 heteroatoms. The first-order chi connectivity index (χ1) is 11.0. The van der Waals surface area contributed by atoms with Crippen LogP contribution in [0.4, 0.5) is 5.69 Å². The van der Waals surface area contributed by atoms with Crippen molar-refractivity contribution in [2.45, 2.75) is 26.8 Å². The smallest absolute Gasteiger partial charge is 0.238 e. The average Bonchev–Trinajstić information content (AvgIpc) is 3.05. The summed E-state index contributed by atoms with van der Waals surface area (Å²) in [6, 6.07) is 0.532. The molecular formula is C16H27N5O2. The molecule has 0 saturated carbocycles. The largest absolute Gasteiger partial charge is 0.379 e. The van der Waals surface area contributed by atoms with Gasteiger partial charge in [-0.25, -0.2) is 0 Å². The molecule has 0 aliphatic carbocycles. The topological polar surface area (TPSA) is 73.5 Å². The molecule has 2 N–H and O–H groups in total. The van der Waals surface area contributed by atoms with Crippen molar-refractivity contribution in [3.8, 4) is 0 Å². The minimum atomic E-state index is 0.0347. The molecular weight excluding hydrogens is 294 g/mol. The van der Waals surface area contributed by atoms with Crippen molar-refractivity contribution in [1.82, 2.24) is 20.0 Å². The van der Waals surface area contributed by atoms with Crippen molar-refractivity contribution < 1.29 is 9.53 Å².